The Bertz CT molecular complexity index is 4650. The molecule has 118 heavy (non-hydrogen) atoms. The van der Waals surface area contributed by atoms with E-state index < -0.39 is 94.7 Å². The molecule has 9 atom stereocenters. The summed E-state index contributed by atoms with van der Waals surface area (Å²) in [7, 11) is 4.76. The molecular weight excluding hydrogens is 1520 g/mol. The third-order valence-corrected chi connectivity index (χ3v) is 24.5. The third-order valence-electron chi connectivity index (χ3n) is 24.5. The first-order chi connectivity index (χ1) is 55.9. The van der Waals surface area contributed by atoms with Crippen molar-refractivity contribution in [2.45, 2.75) is 282 Å². The molecule has 3 saturated heterocycles. The Balaban J connectivity index is 0.000000187. The Kier molecular flexibility index (Phi) is 30.2. The van der Waals surface area contributed by atoms with Crippen LogP contribution < -0.4 is 32.7 Å². The van der Waals surface area contributed by atoms with Crippen molar-refractivity contribution in [2.24, 2.45) is 29.2 Å². The van der Waals surface area contributed by atoms with Crippen LogP contribution in [0, 0.1) is 46.5 Å². The number of nitrogens with two attached hydrogens (primary N) is 2. The normalized spacial score (nSPS) is 19.8. The molecule has 30 heteroatoms. The number of rotatable bonds is 23. The Morgan fingerprint density at radius 3 is 1.08 bits per heavy atom. The molecule has 0 bridgehead atoms. The van der Waals surface area contributed by atoms with Gasteiger partial charge >= 0.3 is 12.2 Å². The largest absolute Gasteiger partial charge is 0.444 e. The minimum absolute atomic E-state index is 0.00710. The fourth-order valence-electron chi connectivity index (χ4n) is 17.7. The molecule has 27 nitrogen and oxygen atoms in total. The molecule has 6 fully saturated rings. The fraction of sp³-hybridized carbons (Fsp3) is 0.602. The smallest absolute Gasteiger partial charge is 0.410 e. The van der Waals surface area contributed by atoms with E-state index in [0.29, 0.717) is 72.0 Å². The minimum atomic E-state index is -0.841. The van der Waals surface area contributed by atoms with Gasteiger partial charge in [-0.25, -0.2) is 22.8 Å². The van der Waals surface area contributed by atoms with E-state index in [2.05, 4.69) is 27.3 Å². The number of carbonyl (C=O) groups is 10. The first-order valence-electron chi connectivity index (χ1n) is 42.2. The van der Waals surface area contributed by atoms with Crippen LogP contribution in [0.25, 0.3) is 32.7 Å². The van der Waals surface area contributed by atoms with Gasteiger partial charge in [-0.05, 0) is 219 Å². The highest BCUT2D eigenvalue weighted by Crippen LogP contribution is 2.36. The van der Waals surface area contributed by atoms with E-state index in [1.807, 2.05) is 28.4 Å². The molecule has 3 aromatic carbocycles. The van der Waals surface area contributed by atoms with Crippen molar-refractivity contribution in [3.8, 4) is 6.07 Å². The fourth-order valence-corrected chi connectivity index (χ4v) is 17.7. The lowest BCUT2D eigenvalue weighted by Crippen LogP contribution is -2.57. The lowest BCUT2D eigenvalue weighted by molar-refractivity contribution is -0.140. The van der Waals surface area contributed by atoms with E-state index >= 15 is 0 Å². The number of hydrogen-bond donors (Lipinski definition) is 6. The van der Waals surface area contributed by atoms with Gasteiger partial charge in [0.2, 0.25) is 35.4 Å². The minimum Gasteiger partial charge on any atom is -0.444 e. The highest BCUT2D eigenvalue weighted by atomic mass is 19.1. The van der Waals surface area contributed by atoms with E-state index in [1.165, 1.54) is 60.3 Å². The van der Waals surface area contributed by atoms with Gasteiger partial charge in [0.15, 0.2) is 0 Å². The summed E-state index contributed by atoms with van der Waals surface area (Å²) in [6.45, 7) is 18.7. The number of nitrogens with one attached hydrogen (secondary N) is 4. The van der Waals surface area contributed by atoms with Gasteiger partial charge in [-0.2, -0.15) is 5.26 Å². The maximum Gasteiger partial charge on any atom is 0.410 e. The molecule has 6 aliphatic rings. The molecule has 3 aliphatic heterocycles. The summed E-state index contributed by atoms with van der Waals surface area (Å²) in [5.41, 5.74) is 12.7. The average molecular weight is 1640 g/mol. The molecule has 3 aliphatic carbocycles. The number of amides is 10. The van der Waals surface area contributed by atoms with Crippen molar-refractivity contribution in [1.82, 2.24) is 59.5 Å². The molecule has 6 aromatic rings. The summed E-state index contributed by atoms with van der Waals surface area (Å²) >= 11 is 0. The van der Waals surface area contributed by atoms with Crippen LogP contribution in [0.3, 0.4) is 0 Å². The summed E-state index contributed by atoms with van der Waals surface area (Å²) in [6, 6.07) is 10.7. The quantitative estimate of drug-likeness (QED) is 0.0347. The van der Waals surface area contributed by atoms with Gasteiger partial charge in [-0.3, -0.25) is 48.2 Å². The zero-order valence-corrected chi connectivity index (χ0v) is 70.7. The topological polar surface area (TPSA) is 344 Å². The number of benzene rings is 3. The number of ether oxygens (including phenoxy) is 2. The highest BCUT2D eigenvalue weighted by molar-refractivity contribution is 6.07. The van der Waals surface area contributed by atoms with Gasteiger partial charge < -0.3 is 70.6 Å². The molecule has 3 saturated carbocycles. The second-order valence-electron chi connectivity index (χ2n) is 35.1. The number of carbonyl (C=O) groups excluding carboxylic acids is 10. The summed E-state index contributed by atoms with van der Waals surface area (Å²) in [5.74, 6) is -3.67. The summed E-state index contributed by atoms with van der Waals surface area (Å²) in [4.78, 5) is 139. The predicted molar refractivity (Wildman–Crippen MR) is 443 cm³/mol. The molecule has 0 spiro atoms. The van der Waals surface area contributed by atoms with Gasteiger partial charge in [0.05, 0.1) is 22.7 Å². The zero-order chi connectivity index (χ0) is 85.8. The lowest BCUT2D eigenvalue weighted by atomic mass is 9.83. The molecule has 6 heterocycles. The second-order valence-corrected chi connectivity index (χ2v) is 35.1. The number of nitrogens with zero attached hydrogens (tertiary/aromatic N) is 9. The Morgan fingerprint density at radius 2 is 0.771 bits per heavy atom. The molecule has 0 unspecified atom stereocenters. The number of hydrogen-bond acceptors (Lipinski definition) is 14. The average Bonchev–Trinajstić information content (AvgIpc) is 1.63. The van der Waals surface area contributed by atoms with Crippen LogP contribution in [0.4, 0.5) is 22.8 Å². The molecule has 10 amide bonds. The summed E-state index contributed by atoms with van der Waals surface area (Å²) in [6.07, 6.45) is 23.4. The van der Waals surface area contributed by atoms with Crippen LogP contribution in [0.1, 0.15) is 223 Å². The monoisotopic (exact) mass is 1640 g/mol. The molecule has 8 N–H and O–H groups in total. The summed E-state index contributed by atoms with van der Waals surface area (Å²) < 4.78 is 58.3. The molecule has 3 aromatic heterocycles. The van der Waals surface area contributed by atoms with Crippen LogP contribution in [0.5, 0.6) is 0 Å². The molecular formula is C88H122F3N15O12. The summed E-state index contributed by atoms with van der Waals surface area (Å²) in [5, 5.41) is 23.1. The van der Waals surface area contributed by atoms with Crippen molar-refractivity contribution < 1.29 is 70.6 Å². The van der Waals surface area contributed by atoms with Gasteiger partial charge in [0.25, 0.3) is 11.8 Å². The Morgan fingerprint density at radius 1 is 0.466 bits per heavy atom. The molecule has 642 valence electrons. The van der Waals surface area contributed by atoms with Crippen LogP contribution in [0.2, 0.25) is 0 Å². The van der Waals surface area contributed by atoms with Crippen molar-refractivity contribution in [2.75, 3.05) is 40.8 Å². The number of primary amides is 2. The highest BCUT2D eigenvalue weighted by Gasteiger charge is 2.44. The van der Waals surface area contributed by atoms with Gasteiger partial charge in [0, 0.05) is 123 Å². The number of aromatic nitrogens is 3. The second kappa shape index (κ2) is 39.6. The van der Waals surface area contributed by atoms with Gasteiger partial charge in [-0.1, -0.05) is 57.8 Å². The maximum absolute atomic E-state index is 14.2. The van der Waals surface area contributed by atoms with E-state index in [9.17, 15) is 66.4 Å². The van der Waals surface area contributed by atoms with Gasteiger partial charge in [-0.15, -0.1) is 0 Å². The van der Waals surface area contributed by atoms with E-state index in [0.717, 1.165) is 140 Å². The number of likely N-dealkylation sites (N-methyl/N-ethyl adjacent to an activating group) is 3. The number of nitriles is 1. The van der Waals surface area contributed by atoms with E-state index in [4.69, 9.17) is 20.9 Å². The predicted octanol–water partition coefficient (Wildman–Crippen LogP) is 11.7. The molecule has 12 rings (SSSR count). The standard InChI is InChI=1S/C31H44FN5O5.C31H42FN5O4.C26H36FN5O3/c1-19(35(5)30(41)42-31(2,3)4)28(39)34-26(20-10-7-6-8-11-20)29(40)37-15-9-12-22(37)17-36-18-24(27(33)38)23-16-21(32)13-14-25(23)36;1-20(35(5)30(40)41-31(2,3)4)28(38)34-27(21-10-7-6-8-11-21)29(39)37-15-9-12-24(37)19-36-18-22(17-33)25-16-23(32)13-14-26(25)36;1-16(29-2)25(34)30-23(17-7-4-3-5-8-17)26(35)32-12-6-9-19(32)14-31-15-21(24(28)33)20-13-18(27)10-11-22(20)31/h13-14,16,18-20,22,26H,6-12,15,17H2,1-5H3,(H2,33,38)(H,34,39);13-14,16,18,20-21,24,27H,6-12,15,19H2,1-5H3,(H,34,38);10-11,13,15-17,19,23,29H,3-9,12,14H2,1-2H3,(H2,28,33)(H,30,34)/t19-,22-,26-;20-,24-,27-;16-,19-,23-/m000/s1. The first kappa shape index (κ1) is 90.2. The van der Waals surface area contributed by atoms with Crippen LogP contribution in [0.15, 0.2) is 73.2 Å². The zero-order valence-electron chi connectivity index (χ0n) is 70.7. The maximum atomic E-state index is 14.2. The van der Waals surface area contributed by atoms with Crippen molar-refractivity contribution in [1.29, 1.82) is 5.26 Å². The number of halogens is 3. The first-order valence-corrected chi connectivity index (χ1v) is 42.2. The Labute approximate surface area is 690 Å². The van der Waals surface area contributed by atoms with Gasteiger partial charge in [0.1, 0.15) is 64.9 Å². The van der Waals surface area contributed by atoms with Crippen molar-refractivity contribution >= 4 is 92.2 Å². The third kappa shape index (κ3) is 22.2. The van der Waals surface area contributed by atoms with E-state index in [-0.39, 0.29) is 76.7 Å². The molecule has 0 radical (unpaired) electrons. The van der Waals surface area contributed by atoms with Crippen molar-refractivity contribution in [3.63, 3.8) is 0 Å². The van der Waals surface area contributed by atoms with Crippen LogP contribution >= 0.6 is 0 Å². The Hall–Kier alpha value is -10.2. The van der Waals surface area contributed by atoms with E-state index in [1.54, 1.807) is 106 Å². The SMILES string of the molecule is CN[C@@H](C)C(=O)N[C@H](C(=O)N1CCC[C@H]1Cn1cc(C(N)=O)c2cc(F)ccc21)C1CCCCC1.C[C@@H](C(=O)N[C@H](C(=O)N1CCC[C@H]1Cn1cc(C#N)c2cc(F)ccc21)C1CCCCC1)N(C)C(=O)OC(C)(C)C.C[C@@H](C(=O)N[C@H](C(=O)N1CCC[C@H]1Cn1cc(C(N)=O)c2cc(F)ccc21)C1CCCCC1)N(C)C(=O)OC(C)(C)C. The number of fused-ring (bicyclic) bond motifs is 3. The van der Waals surface area contributed by atoms with Crippen molar-refractivity contribution in [3.05, 3.63) is 107 Å². The van der Waals surface area contributed by atoms with Crippen LogP contribution in [-0.2, 0) is 57.9 Å². The number of likely N-dealkylation sites (tertiary alicyclic amines) is 3. The lowest BCUT2D eigenvalue weighted by Gasteiger charge is -2.36. The van der Waals surface area contributed by atoms with Crippen LogP contribution in [-0.4, -0.2) is 204 Å².